The van der Waals surface area contributed by atoms with Crippen molar-refractivity contribution in [3.05, 3.63) is 33.9 Å². The molecule has 1 aromatic rings. The maximum absolute atomic E-state index is 11.1. The number of anilines is 1. The minimum Gasteiger partial charge on any atom is -0.478 e. The molecular weight excluding hydrogens is 252 g/mol. The Morgan fingerprint density at radius 2 is 2.16 bits per heavy atom. The third-order valence-corrected chi connectivity index (χ3v) is 3.39. The molecule has 0 saturated heterocycles. The van der Waals surface area contributed by atoms with Crippen LogP contribution in [-0.2, 0) is 0 Å². The van der Waals surface area contributed by atoms with Gasteiger partial charge < -0.3 is 15.5 Å². The molecule has 7 nitrogen and oxygen atoms in total. The second-order valence-electron chi connectivity index (χ2n) is 4.80. The van der Waals surface area contributed by atoms with Crippen molar-refractivity contribution in [3.63, 3.8) is 0 Å². The lowest BCUT2D eigenvalue weighted by Crippen LogP contribution is -2.20. The van der Waals surface area contributed by atoms with Gasteiger partial charge in [0, 0.05) is 24.1 Å². The average Bonchev–Trinajstić information content (AvgIpc) is 3.16. The van der Waals surface area contributed by atoms with Gasteiger partial charge in [0.05, 0.1) is 22.8 Å². The number of nitro groups is 1. The van der Waals surface area contributed by atoms with Crippen molar-refractivity contribution in [1.29, 1.82) is 0 Å². The lowest BCUT2D eigenvalue weighted by atomic mass is 10.1. The van der Waals surface area contributed by atoms with Crippen LogP contribution in [0.25, 0.3) is 0 Å². The van der Waals surface area contributed by atoms with E-state index in [9.17, 15) is 20.0 Å². The molecule has 0 bridgehead atoms. The van der Waals surface area contributed by atoms with Crippen molar-refractivity contribution >= 4 is 17.3 Å². The minimum absolute atomic E-state index is 0.0145. The fourth-order valence-corrected chi connectivity index (χ4v) is 1.83. The molecule has 3 N–H and O–H groups in total. The second-order valence-corrected chi connectivity index (χ2v) is 4.80. The minimum atomic E-state index is -1.15. The molecule has 1 aliphatic rings. The number of nitrogens with zero attached hydrogens (tertiary/aromatic N) is 1. The highest BCUT2D eigenvalue weighted by atomic mass is 16.6. The van der Waals surface area contributed by atoms with E-state index in [4.69, 9.17) is 5.11 Å². The summed E-state index contributed by atoms with van der Waals surface area (Å²) in [6.45, 7) is 0.433. The van der Waals surface area contributed by atoms with Crippen molar-refractivity contribution in [2.45, 2.75) is 12.8 Å². The highest BCUT2D eigenvalue weighted by Gasteiger charge is 2.41. The van der Waals surface area contributed by atoms with E-state index in [1.54, 1.807) is 0 Å². The molecule has 1 fully saturated rings. The number of rotatable bonds is 6. The Balaban J connectivity index is 2.22. The quantitative estimate of drug-likeness (QED) is 0.531. The molecular formula is C12H14N2O5. The summed E-state index contributed by atoms with van der Waals surface area (Å²) in [6.07, 6.45) is 1.74. The monoisotopic (exact) mass is 266 g/mol. The molecule has 0 amide bonds. The first-order chi connectivity index (χ1) is 8.97. The number of aliphatic hydroxyl groups excluding tert-OH is 1. The first kappa shape index (κ1) is 13.3. The Labute approximate surface area is 109 Å². The summed E-state index contributed by atoms with van der Waals surface area (Å²) >= 11 is 0. The Morgan fingerprint density at radius 3 is 2.63 bits per heavy atom. The first-order valence-corrected chi connectivity index (χ1v) is 5.84. The van der Waals surface area contributed by atoms with E-state index >= 15 is 0 Å². The molecule has 0 heterocycles. The molecule has 0 unspecified atom stereocenters. The number of hydrogen-bond donors (Lipinski definition) is 3. The van der Waals surface area contributed by atoms with Gasteiger partial charge >= 0.3 is 5.97 Å². The fraction of sp³-hybridized carbons (Fsp3) is 0.417. The van der Waals surface area contributed by atoms with Crippen molar-refractivity contribution in [2.75, 3.05) is 18.5 Å². The van der Waals surface area contributed by atoms with Gasteiger partial charge in [-0.2, -0.15) is 0 Å². The fourth-order valence-electron chi connectivity index (χ4n) is 1.83. The summed E-state index contributed by atoms with van der Waals surface area (Å²) in [4.78, 5) is 21.2. The van der Waals surface area contributed by atoms with Crippen molar-refractivity contribution < 1.29 is 19.9 Å². The summed E-state index contributed by atoms with van der Waals surface area (Å²) in [7, 11) is 0. The van der Waals surface area contributed by atoms with Crippen LogP contribution in [0.5, 0.6) is 0 Å². The van der Waals surface area contributed by atoms with Gasteiger partial charge in [0.1, 0.15) is 0 Å². The number of benzene rings is 1. The van der Waals surface area contributed by atoms with E-state index in [1.165, 1.54) is 12.1 Å². The van der Waals surface area contributed by atoms with Gasteiger partial charge in [0.2, 0.25) is 0 Å². The average molecular weight is 266 g/mol. The van der Waals surface area contributed by atoms with Gasteiger partial charge in [-0.15, -0.1) is 0 Å². The van der Waals surface area contributed by atoms with Crippen molar-refractivity contribution in [2.24, 2.45) is 5.41 Å². The van der Waals surface area contributed by atoms with Crippen LogP contribution in [0.4, 0.5) is 11.4 Å². The summed E-state index contributed by atoms with van der Waals surface area (Å²) in [5.74, 6) is -1.15. The number of hydrogen-bond acceptors (Lipinski definition) is 5. The van der Waals surface area contributed by atoms with Crippen LogP contribution in [-0.4, -0.2) is 34.3 Å². The summed E-state index contributed by atoms with van der Waals surface area (Å²) in [5, 5.41) is 31.8. The summed E-state index contributed by atoms with van der Waals surface area (Å²) in [6, 6.07) is 3.58. The molecule has 1 saturated carbocycles. The maximum atomic E-state index is 11.1. The van der Waals surface area contributed by atoms with Crippen LogP contribution >= 0.6 is 0 Å². The zero-order chi connectivity index (χ0) is 14.0. The van der Waals surface area contributed by atoms with Crippen LogP contribution in [0.1, 0.15) is 23.2 Å². The molecule has 1 aromatic carbocycles. The number of nitro benzene ring substituents is 1. The van der Waals surface area contributed by atoms with E-state index in [2.05, 4.69) is 5.32 Å². The van der Waals surface area contributed by atoms with E-state index in [1.807, 2.05) is 0 Å². The molecule has 0 aromatic heterocycles. The van der Waals surface area contributed by atoms with E-state index < -0.39 is 10.9 Å². The summed E-state index contributed by atoms with van der Waals surface area (Å²) < 4.78 is 0. The summed E-state index contributed by atoms with van der Waals surface area (Å²) in [5.41, 5.74) is -0.178. The zero-order valence-electron chi connectivity index (χ0n) is 10.1. The maximum Gasteiger partial charge on any atom is 0.337 e. The highest BCUT2D eigenvalue weighted by molar-refractivity contribution is 5.94. The Hall–Kier alpha value is -2.15. The lowest BCUT2D eigenvalue weighted by Gasteiger charge is -2.15. The largest absolute Gasteiger partial charge is 0.478 e. The predicted molar refractivity (Wildman–Crippen MR) is 67.3 cm³/mol. The molecule has 102 valence electrons. The zero-order valence-corrected chi connectivity index (χ0v) is 10.1. The van der Waals surface area contributed by atoms with Gasteiger partial charge in [-0.1, -0.05) is 0 Å². The van der Waals surface area contributed by atoms with Crippen LogP contribution in [0.2, 0.25) is 0 Å². The smallest absolute Gasteiger partial charge is 0.337 e. The Kier molecular flexibility index (Phi) is 3.39. The van der Waals surface area contributed by atoms with Gasteiger partial charge in [-0.25, -0.2) is 4.79 Å². The Bertz CT molecular complexity index is 525. The SMILES string of the molecule is O=C(O)c1ccc([N+](=O)[O-])cc1NCC1(CO)CC1. The standard InChI is InChI=1S/C12H14N2O5/c15-7-12(3-4-12)6-13-10-5-8(14(18)19)1-2-9(10)11(16)17/h1-2,5,13,15H,3-4,6-7H2,(H,16,17). The van der Waals surface area contributed by atoms with Crippen LogP contribution in [0, 0.1) is 15.5 Å². The molecule has 0 spiro atoms. The first-order valence-electron chi connectivity index (χ1n) is 5.84. The number of non-ortho nitro benzene ring substituents is 1. The number of aliphatic hydroxyl groups is 1. The molecule has 19 heavy (non-hydrogen) atoms. The third-order valence-electron chi connectivity index (χ3n) is 3.39. The van der Waals surface area contributed by atoms with E-state index in [0.717, 1.165) is 18.9 Å². The highest BCUT2D eigenvalue weighted by Crippen LogP contribution is 2.45. The number of aromatic carboxylic acids is 1. The molecule has 0 atom stereocenters. The van der Waals surface area contributed by atoms with E-state index in [-0.39, 0.29) is 29.0 Å². The van der Waals surface area contributed by atoms with Crippen molar-refractivity contribution in [1.82, 2.24) is 0 Å². The third kappa shape index (κ3) is 2.82. The second kappa shape index (κ2) is 4.85. The van der Waals surface area contributed by atoms with Gasteiger partial charge in [-0.3, -0.25) is 10.1 Å². The molecule has 0 aliphatic heterocycles. The van der Waals surface area contributed by atoms with Crippen LogP contribution in [0.15, 0.2) is 18.2 Å². The molecule has 0 radical (unpaired) electrons. The number of nitrogens with one attached hydrogen (secondary N) is 1. The topological polar surface area (TPSA) is 113 Å². The van der Waals surface area contributed by atoms with Crippen LogP contribution < -0.4 is 5.32 Å². The van der Waals surface area contributed by atoms with Crippen molar-refractivity contribution in [3.8, 4) is 0 Å². The van der Waals surface area contributed by atoms with Gasteiger partial charge in [0.15, 0.2) is 0 Å². The Morgan fingerprint density at radius 1 is 1.47 bits per heavy atom. The molecule has 2 rings (SSSR count). The predicted octanol–water partition coefficient (Wildman–Crippen LogP) is 1.48. The van der Waals surface area contributed by atoms with E-state index in [0.29, 0.717) is 6.54 Å². The lowest BCUT2D eigenvalue weighted by molar-refractivity contribution is -0.384. The number of carboxylic acids is 1. The van der Waals surface area contributed by atoms with Gasteiger partial charge in [0.25, 0.3) is 5.69 Å². The van der Waals surface area contributed by atoms with Crippen LogP contribution in [0.3, 0.4) is 0 Å². The number of carboxylic acid groups (broad SMARTS) is 1. The molecule has 1 aliphatic carbocycles. The molecule has 7 heteroatoms. The normalized spacial score (nSPS) is 15.8. The van der Waals surface area contributed by atoms with Gasteiger partial charge in [-0.05, 0) is 18.9 Å². The number of carbonyl (C=O) groups is 1.